The van der Waals surface area contributed by atoms with Crippen molar-refractivity contribution in [1.29, 1.82) is 0 Å². The monoisotopic (exact) mass is 346 g/mol. The molecule has 0 atom stereocenters. The van der Waals surface area contributed by atoms with E-state index in [0.29, 0.717) is 37.5 Å². The van der Waals surface area contributed by atoms with Gasteiger partial charge in [0.25, 0.3) is 11.8 Å². The third kappa shape index (κ3) is 3.51. The minimum absolute atomic E-state index is 0.00528. The molecule has 0 aliphatic carbocycles. The molecule has 2 heterocycles. The number of hydrogen-bond acceptors (Lipinski definition) is 5. The highest BCUT2D eigenvalue weighted by atomic mass is 32.1. The highest BCUT2D eigenvalue weighted by molar-refractivity contribution is 7.12. The van der Waals surface area contributed by atoms with Gasteiger partial charge < -0.3 is 20.0 Å². The van der Waals surface area contributed by atoms with Gasteiger partial charge in [-0.1, -0.05) is 6.07 Å². The fourth-order valence-corrected chi connectivity index (χ4v) is 3.47. The van der Waals surface area contributed by atoms with Crippen LogP contribution in [0.2, 0.25) is 0 Å². The van der Waals surface area contributed by atoms with Gasteiger partial charge in [0.15, 0.2) is 0 Å². The number of carbonyl (C=O) groups excluding carboxylic acids is 2. The Morgan fingerprint density at radius 3 is 2.12 bits per heavy atom. The first-order chi connectivity index (χ1) is 11.5. The van der Waals surface area contributed by atoms with Gasteiger partial charge in [-0.05, 0) is 30.0 Å². The fourth-order valence-electron chi connectivity index (χ4n) is 2.78. The van der Waals surface area contributed by atoms with Crippen molar-refractivity contribution in [3.8, 4) is 11.5 Å². The Bertz CT molecular complexity index is 725. The summed E-state index contributed by atoms with van der Waals surface area (Å²) in [5.74, 6) is -0.564. The van der Waals surface area contributed by atoms with Crippen molar-refractivity contribution in [2.45, 2.75) is 6.42 Å². The normalized spacial score (nSPS) is 15.2. The second-order valence-corrected chi connectivity index (χ2v) is 6.60. The van der Waals surface area contributed by atoms with Gasteiger partial charge >= 0.3 is 0 Å². The zero-order chi connectivity index (χ0) is 17.1. The van der Waals surface area contributed by atoms with Gasteiger partial charge in [0, 0.05) is 37.8 Å². The lowest BCUT2D eigenvalue weighted by Gasteiger charge is -2.22. The Balaban J connectivity index is 1.69. The first-order valence-corrected chi connectivity index (χ1v) is 8.57. The first kappa shape index (κ1) is 16.3. The number of aromatic hydroxyl groups is 2. The molecule has 0 spiro atoms. The molecule has 24 heavy (non-hydrogen) atoms. The zero-order valence-corrected chi connectivity index (χ0v) is 13.8. The van der Waals surface area contributed by atoms with Gasteiger partial charge in [0.05, 0.1) is 4.88 Å². The van der Waals surface area contributed by atoms with Crippen LogP contribution < -0.4 is 0 Å². The van der Waals surface area contributed by atoms with Crippen LogP contribution in [0.4, 0.5) is 0 Å². The highest BCUT2D eigenvalue weighted by Crippen LogP contribution is 2.22. The van der Waals surface area contributed by atoms with E-state index in [1.54, 1.807) is 15.9 Å². The summed E-state index contributed by atoms with van der Waals surface area (Å²) in [5, 5.41) is 20.9. The lowest BCUT2D eigenvalue weighted by molar-refractivity contribution is 0.0721. The fraction of sp³-hybridized carbons (Fsp3) is 0.294. The molecule has 1 aromatic carbocycles. The van der Waals surface area contributed by atoms with Crippen LogP contribution in [-0.2, 0) is 0 Å². The molecule has 1 aromatic heterocycles. The predicted octanol–water partition coefficient (Wildman–Crippen LogP) is 2.15. The van der Waals surface area contributed by atoms with Crippen molar-refractivity contribution >= 4 is 23.2 Å². The predicted molar refractivity (Wildman–Crippen MR) is 90.5 cm³/mol. The van der Waals surface area contributed by atoms with Crippen molar-refractivity contribution < 1.29 is 19.8 Å². The van der Waals surface area contributed by atoms with Crippen molar-refractivity contribution in [2.24, 2.45) is 0 Å². The second kappa shape index (κ2) is 6.92. The van der Waals surface area contributed by atoms with Crippen molar-refractivity contribution in [3.05, 3.63) is 46.2 Å². The Morgan fingerprint density at radius 2 is 1.54 bits per heavy atom. The summed E-state index contributed by atoms with van der Waals surface area (Å²) in [4.78, 5) is 29.1. The summed E-state index contributed by atoms with van der Waals surface area (Å²) >= 11 is 1.41. The van der Waals surface area contributed by atoms with E-state index in [4.69, 9.17) is 0 Å². The lowest BCUT2D eigenvalue weighted by atomic mass is 10.1. The van der Waals surface area contributed by atoms with Gasteiger partial charge in [0.1, 0.15) is 11.5 Å². The van der Waals surface area contributed by atoms with E-state index < -0.39 is 0 Å². The van der Waals surface area contributed by atoms with Crippen LogP contribution in [0, 0.1) is 0 Å². The van der Waals surface area contributed by atoms with Gasteiger partial charge in [0.2, 0.25) is 0 Å². The number of phenolic OH excluding ortho intramolecular Hbond substituents is 2. The third-order valence-electron chi connectivity index (χ3n) is 3.95. The molecule has 126 valence electrons. The number of phenols is 2. The number of nitrogens with zero attached hydrogens (tertiary/aromatic N) is 2. The summed E-state index contributed by atoms with van der Waals surface area (Å²) in [7, 11) is 0. The van der Waals surface area contributed by atoms with E-state index in [1.165, 1.54) is 29.5 Å². The van der Waals surface area contributed by atoms with Gasteiger partial charge in [-0.3, -0.25) is 9.59 Å². The molecule has 1 fully saturated rings. The van der Waals surface area contributed by atoms with Gasteiger partial charge in [-0.15, -0.1) is 11.3 Å². The summed E-state index contributed by atoms with van der Waals surface area (Å²) in [6.07, 6.45) is 0.688. The molecule has 0 bridgehead atoms. The molecule has 2 N–H and O–H groups in total. The van der Waals surface area contributed by atoms with E-state index in [2.05, 4.69) is 0 Å². The number of benzene rings is 1. The summed E-state index contributed by atoms with van der Waals surface area (Å²) in [6, 6.07) is 7.50. The smallest absolute Gasteiger partial charge is 0.263 e. The number of thiophene rings is 1. The third-order valence-corrected chi connectivity index (χ3v) is 4.81. The largest absolute Gasteiger partial charge is 0.508 e. The Morgan fingerprint density at radius 1 is 0.917 bits per heavy atom. The molecule has 1 aliphatic rings. The van der Waals surface area contributed by atoms with Gasteiger partial charge in [-0.2, -0.15) is 0 Å². The zero-order valence-electron chi connectivity index (χ0n) is 13.0. The number of amides is 2. The standard InChI is InChI=1S/C17H18N2O4S/c20-13-9-12(10-14(21)11-13)16(22)18-4-2-5-19(7-6-18)17(23)15-3-1-8-24-15/h1,3,8-11,20-21H,2,4-7H2. The molecule has 6 nitrogen and oxygen atoms in total. The minimum Gasteiger partial charge on any atom is -0.508 e. The molecule has 1 aliphatic heterocycles. The average Bonchev–Trinajstić information content (AvgIpc) is 2.97. The molecule has 1 saturated heterocycles. The van der Waals surface area contributed by atoms with Crippen molar-refractivity contribution in [2.75, 3.05) is 26.2 Å². The maximum atomic E-state index is 12.6. The van der Waals surface area contributed by atoms with Crippen LogP contribution in [0.3, 0.4) is 0 Å². The molecular formula is C17H18N2O4S. The van der Waals surface area contributed by atoms with E-state index in [-0.39, 0.29) is 28.9 Å². The summed E-state index contributed by atoms with van der Waals surface area (Å²) in [6.45, 7) is 2.02. The molecule has 0 unspecified atom stereocenters. The molecule has 7 heteroatoms. The van der Waals surface area contributed by atoms with E-state index in [0.717, 1.165) is 0 Å². The molecule has 0 saturated carbocycles. The summed E-state index contributed by atoms with van der Waals surface area (Å²) < 4.78 is 0. The van der Waals surface area contributed by atoms with Crippen LogP contribution >= 0.6 is 11.3 Å². The molecular weight excluding hydrogens is 328 g/mol. The molecule has 0 radical (unpaired) electrons. The maximum absolute atomic E-state index is 12.6. The van der Waals surface area contributed by atoms with E-state index in [1.807, 2.05) is 11.4 Å². The highest BCUT2D eigenvalue weighted by Gasteiger charge is 2.24. The lowest BCUT2D eigenvalue weighted by Crippen LogP contribution is -2.37. The maximum Gasteiger partial charge on any atom is 0.263 e. The average molecular weight is 346 g/mol. The first-order valence-electron chi connectivity index (χ1n) is 7.69. The number of hydrogen-bond donors (Lipinski definition) is 2. The van der Waals surface area contributed by atoms with Crippen LogP contribution in [0.5, 0.6) is 11.5 Å². The van der Waals surface area contributed by atoms with Crippen molar-refractivity contribution in [1.82, 2.24) is 9.80 Å². The number of carbonyl (C=O) groups is 2. The topological polar surface area (TPSA) is 81.1 Å². The molecule has 2 aromatic rings. The van der Waals surface area contributed by atoms with Gasteiger partial charge in [-0.25, -0.2) is 0 Å². The van der Waals surface area contributed by atoms with Crippen LogP contribution in [0.15, 0.2) is 35.7 Å². The van der Waals surface area contributed by atoms with E-state index in [9.17, 15) is 19.8 Å². The van der Waals surface area contributed by atoms with Crippen LogP contribution in [0.1, 0.15) is 26.5 Å². The molecule has 2 amide bonds. The molecule has 3 rings (SSSR count). The minimum atomic E-state index is -0.258. The Labute approximate surface area is 143 Å². The van der Waals surface area contributed by atoms with Crippen LogP contribution in [0.25, 0.3) is 0 Å². The Hall–Kier alpha value is -2.54. The SMILES string of the molecule is O=C(c1cc(O)cc(O)c1)N1CCCN(C(=O)c2cccs2)CC1. The second-order valence-electron chi connectivity index (χ2n) is 5.65. The number of rotatable bonds is 2. The summed E-state index contributed by atoms with van der Waals surface area (Å²) in [5.41, 5.74) is 0.241. The Kier molecular flexibility index (Phi) is 4.71. The quantitative estimate of drug-likeness (QED) is 0.873. The van der Waals surface area contributed by atoms with Crippen LogP contribution in [-0.4, -0.2) is 58.0 Å². The van der Waals surface area contributed by atoms with Crippen molar-refractivity contribution in [3.63, 3.8) is 0 Å². The van der Waals surface area contributed by atoms with E-state index >= 15 is 0 Å².